The van der Waals surface area contributed by atoms with Gasteiger partial charge in [-0.05, 0) is 43.0 Å². The summed E-state index contributed by atoms with van der Waals surface area (Å²) >= 11 is 0. The van der Waals surface area contributed by atoms with E-state index in [1.165, 1.54) is 0 Å². The van der Waals surface area contributed by atoms with Crippen molar-refractivity contribution in [3.05, 3.63) is 24.3 Å². The van der Waals surface area contributed by atoms with Gasteiger partial charge in [0.05, 0.1) is 13.0 Å². The molecule has 1 aromatic rings. The molecule has 2 rings (SSSR count). The highest BCUT2D eigenvalue weighted by Crippen LogP contribution is 2.17. The van der Waals surface area contributed by atoms with E-state index in [0.717, 1.165) is 37.6 Å². The van der Waals surface area contributed by atoms with Crippen LogP contribution in [0.2, 0.25) is 0 Å². The molecular weight excluding hydrogens is 240 g/mol. The van der Waals surface area contributed by atoms with E-state index in [0.29, 0.717) is 18.7 Å². The molecule has 1 aromatic carbocycles. The Hall–Kier alpha value is -1.71. The van der Waals surface area contributed by atoms with Crippen LogP contribution < -0.4 is 10.5 Å². The second-order valence-corrected chi connectivity index (χ2v) is 5.23. The molecular formula is C15H22N2O2. The topological polar surface area (TPSA) is 55.6 Å². The molecule has 1 saturated heterocycles. The van der Waals surface area contributed by atoms with Crippen LogP contribution in [-0.4, -0.2) is 30.5 Å². The first-order valence-corrected chi connectivity index (χ1v) is 6.91. The van der Waals surface area contributed by atoms with Gasteiger partial charge in [0.15, 0.2) is 0 Å². The molecule has 0 aliphatic carbocycles. The summed E-state index contributed by atoms with van der Waals surface area (Å²) in [6.07, 6.45) is 2.67. The molecule has 19 heavy (non-hydrogen) atoms. The zero-order valence-corrected chi connectivity index (χ0v) is 11.5. The quantitative estimate of drug-likeness (QED) is 0.847. The second-order valence-electron chi connectivity index (χ2n) is 5.23. The fourth-order valence-electron chi connectivity index (χ4n) is 2.24. The molecule has 2 N–H and O–H groups in total. The van der Waals surface area contributed by atoms with Crippen molar-refractivity contribution in [2.24, 2.45) is 5.92 Å². The summed E-state index contributed by atoms with van der Waals surface area (Å²) in [6.45, 7) is 4.45. The second kappa shape index (κ2) is 6.45. The summed E-state index contributed by atoms with van der Waals surface area (Å²) in [7, 11) is 0. The number of likely N-dealkylation sites (tertiary alicyclic amines) is 1. The first-order valence-electron chi connectivity index (χ1n) is 6.91. The van der Waals surface area contributed by atoms with Crippen molar-refractivity contribution in [3.8, 4) is 5.75 Å². The van der Waals surface area contributed by atoms with Crippen molar-refractivity contribution in [1.29, 1.82) is 0 Å². The number of nitrogens with zero attached hydrogens (tertiary/aromatic N) is 1. The number of carbonyl (C=O) groups excluding carboxylic acids is 1. The molecule has 4 nitrogen and oxygen atoms in total. The van der Waals surface area contributed by atoms with Gasteiger partial charge in [0, 0.05) is 18.8 Å². The van der Waals surface area contributed by atoms with E-state index in [-0.39, 0.29) is 5.91 Å². The van der Waals surface area contributed by atoms with Crippen LogP contribution in [-0.2, 0) is 4.79 Å². The number of ether oxygens (including phenoxy) is 1. The highest BCUT2D eigenvalue weighted by Gasteiger charge is 2.19. The normalized spacial score (nSPS) is 16.4. The molecule has 4 heteroatoms. The van der Waals surface area contributed by atoms with Gasteiger partial charge in [0.2, 0.25) is 5.91 Å². The fourth-order valence-corrected chi connectivity index (χ4v) is 2.24. The van der Waals surface area contributed by atoms with E-state index in [9.17, 15) is 4.79 Å². The number of nitrogen functional groups attached to an aromatic ring is 1. The van der Waals surface area contributed by atoms with E-state index in [4.69, 9.17) is 10.5 Å². The van der Waals surface area contributed by atoms with Crippen molar-refractivity contribution in [2.45, 2.75) is 26.2 Å². The Morgan fingerprint density at radius 3 is 2.58 bits per heavy atom. The molecule has 1 aliphatic heterocycles. The van der Waals surface area contributed by atoms with Crippen LogP contribution in [0, 0.1) is 5.92 Å². The zero-order chi connectivity index (χ0) is 13.7. The minimum Gasteiger partial charge on any atom is -0.493 e. The van der Waals surface area contributed by atoms with Crippen molar-refractivity contribution in [3.63, 3.8) is 0 Å². The molecule has 0 radical (unpaired) electrons. The predicted molar refractivity (Wildman–Crippen MR) is 75.9 cm³/mol. The van der Waals surface area contributed by atoms with E-state index in [1.54, 1.807) is 12.1 Å². The van der Waals surface area contributed by atoms with Crippen molar-refractivity contribution >= 4 is 11.6 Å². The van der Waals surface area contributed by atoms with E-state index < -0.39 is 0 Å². The van der Waals surface area contributed by atoms with Gasteiger partial charge in [-0.3, -0.25) is 4.79 Å². The first kappa shape index (κ1) is 13.7. The van der Waals surface area contributed by atoms with Gasteiger partial charge in [0.25, 0.3) is 0 Å². The third-order valence-electron chi connectivity index (χ3n) is 3.60. The van der Waals surface area contributed by atoms with Crippen molar-refractivity contribution in [2.75, 3.05) is 25.4 Å². The van der Waals surface area contributed by atoms with Crippen LogP contribution in [0.25, 0.3) is 0 Å². The Morgan fingerprint density at radius 1 is 1.32 bits per heavy atom. The number of rotatable bonds is 4. The largest absolute Gasteiger partial charge is 0.493 e. The lowest BCUT2D eigenvalue weighted by Gasteiger charge is -2.30. The molecule has 0 aromatic heterocycles. The molecule has 0 atom stereocenters. The Balaban J connectivity index is 1.70. The number of nitrogens with two attached hydrogens (primary N) is 1. The monoisotopic (exact) mass is 262 g/mol. The van der Waals surface area contributed by atoms with Crippen molar-refractivity contribution in [1.82, 2.24) is 4.90 Å². The average Bonchev–Trinajstić information content (AvgIpc) is 2.41. The molecule has 104 valence electrons. The van der Waals surface area contributed by atoms with Gasteiger partial charge in [-0.1, -0.05) is 6.92 Å². The maximum Gasteiger partial charge on any atom is 0.225 e. The molecule has 0 unspecified atom stereocenters. The number of hydrogen-bond donors (Lipinski definition) is 1. The minimum atomic E-state index is 0.197. The standard InChI is InChI=1S/C15H22N2O2/c1-12-6-9-17(10-7-12)15(18)8-11-19-14-4-2-13(16)3-5-14/h2-5,12H,6-11,16H2,1H3. The maximum absolute atomic E-state index is 12.0. The predicted octanol–water partition coefficient (Wildman–Crippen LogP) is 2.30. The SMILES string of the molecule is CC1CCN(C(=O)CCOc2ccc(N)cc2)CC1. The van der Waals surface area contributed by atoms with Crippen LogP contribution in [0.15, 0.2) is 24.3 Å². The summed E-state index contributed by atoms with van der Waals surface area (Å²) in [5.41, 5.74) is 6.31. The smallest absolute Gasteiger partial charge is 0.225 e. The van der Waals surface area contributed by atoms with Gasteiger partial charge < -0.3 is 15.4 Å². The molecule has 0 bridgehead atoms. The van der Waals surface area contributed by atoms with E-state index in [2.05, 4.69) is 6.92 Å². The van der Waals surface area contributed by atoms with Crippen LogP contribution >= 0.6 is 0 Å². The van der Waals surface area contributed by atoms with Crippen molar-refractivity contribution < 1.29 is 9.53 Å². The summed E-state index contributed by atoms with van der Waals surface area (Å²) in [5.74, 6) is 1.70. The summed E-state index contributed by atoms with van der Waals surface area (Å²) in [6, 6.07) is 7.23. The fraction of sp³-hybridized carbons (Fsp3) is 0.533. The first-order chi connectivity index (χ1) is 9.15. The molecule has 0 spiro atoms. The van der Waals surface area contributed by atoms with E-state index in [1.807, 2.05) is 17.0 Å². The van der Waals surface area contributed by atoms with Gasteiger partial charge in [0.1, 0.15) is 5.75 Å². The van der Waals surface area contributed by atoms with Crippen LogP contribution in [0.5, 0.6) is 5.75 Å². The summed E-state index contributed by atoms with van der Waals surface area (Å²) < 4.78 is 5.54. The average molecular weight is 262 g/mol. The Morgan fingerprint density at radius 2 is 1.95 bits per heavy atom. The highest BCUT2D eigenvalue weighted by atomic mass is 16.5. The molecule has 1 aliphatic rings. The summed E-state index contributed by atoms with van der Waals surface area (Å²) in [5, 5.41) is 0. The third kappa shape index (κ3) is 4.16. The Labute approximate surface area is 114 Å². The number of carbonyl (C=O) groups is 1. The Kier molecular flexibility index (Phi) is 4.66. The lowest BCUT2D eigenvalue weighted by molar-refractivity contribution is -0.133. The zero-order valence-electron chi connectivity index (χ0n) is 11.5. The summed E-state index contributed by atoms with van der Waals surface area (Å²) in [4.78, 5) is 13.9. The maximum atomic E-state index is 12.0. The van der Waals surface area contributed by atoms with Gasteiger partial charge in [-0.15, -0.1) is 0 Å². The number of piperidine rings is 1. The number of hydrogen-bond acceptors (Lipinski definition) is 3. The minimum absolute atomic E-state index is 0.197. The van der Waals surface area contributed by atoms with Crippen LogP contribution in [0.1, 0.15) is 26.2 Å². The van der Waals surface area contributed by atoms with Gasteiger partial charge >= 0.3 is 0 Å². The third-order valence-corrected chi connectivity index (χ3v) is 3.60. The van der Waals surface area contributed by atoms with Gasteiger partial charge in [-0.2, -0.15) is 0 Å². The number of anilines is 1. The Bertz CT molecular complexity index is 409. The molecule has 1 amide bonds. The lowest BCUT2D eigenvalue weighted by Crippen LogP contribution is -2.38. The number of amides is 1. The number of benzene rings is 1. The van der Waals surface area contributed by atoms with Crippen LogP contribution in [0.3, 0.4) is 0 Å². The van der Waals surface area contributed by atoms with Crippen LogP contribution in [0.4, 0.5) is 5.69 Å². The lowest BCUT2D eigenvalue weighted by atomic mass is 9.99. The molecule has 1 heterocycles. The molecule has 1 fully saturated rings. The highest BCUT2D eigenvalue weighted by molar-refractivity contribution is 5.76. The van der Waals surface area contributed by atoms with Gasteiger partial charge in [-0.25, -0.2) is 0 Å². The molecule has 0 saturated carbocycles. The van der Waals surface area contributed by atoms with E-state index >= 15 is 0 Å².